The summed E-state index contributed by atoms with van der Waals surface area (Å²) in [5.74, 6) is 0.679. The number of hydrogen-bond donors (Lipinski definition) is 1. The Hall–Kier alpha value is -0.870. The second-order valence-corrected chi connectivity index (χ2v) is 5.60. The van der Waals surface area contributed by atoms with E-state index in [-0.39, 0.29) is 5.54 Å². The highest BCUT2D eigenvalue weighted by Crippen LogP contribution is 2.26. The number of nitrogens with zero attached hydrogens (tertiary/aromatic N) is 2. The van der Waals surface area contributed by atoms with Crippen molar-refractivity contribution in [2.45, 2.75) is 39.3 Å². The highest BCUT2D eigenvalue weighted by Gasteiger charge is 2.31. The van der Waals surface area contributed by atoms with E-state index in [0.717, 1.165) is 38.4 Å². The van der Waals surface area contributed by atoms with E-state index in [0.29, 0.717) is 5.92 Å². The summed E-state index contributed by atoms with van der Waals surface area (Å²) in [5.41, 5.74) is 1.21. The average molecular weight is 237 g/mol. The molecule has 0 radical (unpaired) electrons. The maximum atomic E-state index is 5.47. The van der Waals surface area contributed by atoms with Gasteiger partial charge in [0.25, 0.3) is 0 Å². The van der Waals surface area contributed by atoms with Crippen LogP contribution in [0.5, 0.6) is 0 Å². The van der Waals surface area contributed by atoms with Crippen molar-refractivity contribution in [3.63, 3.8) is 0 Å². The topological polar surface area (TPSA) is 39.1 Å². The van der Waals surface area contributed by atoms with Gasteiger partial charge in [0.05, 0.1) is 24.2 Å². The molecule has 17 heavy (non-hydrogen) atoms. The summed E-state index contributed by atoms with van der Waals surface area (Å²) < 4.78 is 7.67. The Balaban J connectivity index is 1.91. The van der Waals surface area contributed by atoms with Crippen molar-refractivity contribution in [2.75, 3.05) is 19.8 Å². The van der Waals surface area contributed by atoms with E-state index in [1.54, 1.807) is 0 Å². The molecule has 1 atom stereocenters. The third kappa shape index (κ3) is 3.07. The average Bonchev–Trinajstić information content (AvgIpc) is 2.87. The fourth-order valence-electron chi connectivity index (χ4n) is 2.10. The van der Waals surface area contributed by atoms with E-state index >= 15 is 0 Å². The van der Waals surface area contributed by atoms with Crippen LogP contribution in [0.25, 0.3) is 0 Å². The van der Waals surface area contributed by atoms with Crippen molar-refractivity contribution >= 4 is 0 Å². The molecule has 0 saturated carbocycles. The van der Waals surface area contributed by atoms with E-state index in [1.165, 1.54) is 0 Å². The molecule has 1 aromatic rings. The van der Waals surface area contributed by atoms with Crippen molar-refractivity contribution in [3.05, 3.63) is 18.2 Å². The molecule has 0 spiro atoms. The molecule has 1 saturated heterocycles. The molecule has 1 N–H and O–H groups in total. The summed E-state index contributed by atoms with van der Waals surface area (Å²) in [4.78, 5) is 4.45. The van der Waals surface area contributed by atoms with Gasteiger partial charge < -0.3 is 14.6 Å². The molecule has 4 heteroatoms. The van der Waals surface area contributed by atoms with Gasteiger partial charge in [-0.1, -0.05) is 13.8 Å². The van der Waals surface area contributed by atoms with Gasteiger partial charge in [0.1, 0.15) is 0 Å². The first kappa shape index (κ1) is 12.6. The van der Waals surface area contributed by atoms with Crippen LogP contribution in [0.4, 0.5) is 0 Å². The quantitative estimate of drug-likeness (QED) is 0.848. The minimum atomic E-state index is 0.100. The van der Waals surface area contributed by atoms with Gasteiger partial charge in [0, 0.05) is 19.3 Å². The van der Waals surface area contributed by atoms with Crippen LogP contribution in [-0.2, 0) is 16.8 Å². The van der Waals surface area contributed by atoms with Gasteiger partial charge in [-0.05, 0) is 25.8 Å². The third-order valence-electron chi connectivity index (χ3n) is 3.32. The van der Waals surface area contributed by atoms with Gasteiger partial charge in [-0.2, -0.15) is 0 Å². The Kier molecular flexibility index (Phi) is 3.84. The first-order valence-electron chi connectivity index (χ1n) is 6.42. The second-order valence-electron chi connectivity index (χ2n) is 5.60. The van der Waals surface area contributed by atoms with Gasteiger partial charge in [0.15, 0.2) is 0 Å². The molecule has 2 rings (SSSR count). The molecule has 1 fully saturated rings. The highest BCUT2D eigenvalue weighted by atomic mass is 16.5. The summed E-state index contributed by atoms with van der Waals surface area (Å²) >= 11 is 0. The maximum Gasteiger partial charge on any atom is 0.0955 e. The van der Waals surface area contributed by atoms with Crippen LogP contribution < -0.4 is 5.32 Å². The molecule has 0 aliphatic carbocycles. The molecular weight excluding hydrogens is 214 g/mol. The molecule has 1 aliphatic heterocycles. The van der Waals surface area contributed by atoms with E-state index in [4.69, 9.17) is 4.74 Å². The van der Waals surface area contributed by atoms with Crippen molar-refractivity contribution < 1.29 is 4.74 Å². The highest BCUT2D eigenvalue weighted by molar-refractivity contribution is 5.01. The van der Waals surface area contributed by atoms with Crippen molar-refractivity contribution in [1.82, 2.24) is 14.9 Å². The lowest BCUT2D eigenvalue weighted by Crippen LogP contribution is -2.29. The largest absolute Gasteiger partial charge is 0.379 e. The number of imidazole rings is 1. The number of rotatable bonds is 5. The van der Waals surface area contributed by atoms with Crippen molar-refractivity contribution in [1.29, 1.82) is 0 Å². The number of aromatic nitrogens is 2. The Morgan fingerprint density at radius 1 is 1.59 bits per heavy atom. The van der Waals surface area contributed by atoms with Crippen LogP contribution >= 0.6 is 0 Å². The predicted octanol–water partition coefficient (Wildman–Crippen LogP) is 1.76. The van der Waals surface area contributed by atoms with Crippen LogP contribution in [0.2, 0.25) is 0 Å². The summed E-state index contributed by atoms with van der Waals surface area (Å²) in [6.45, 7) is 10.2. The first-order chi connectivity index (χ1) is 8.10. The van der Waals surface area contributed by atoms with Crippen molar-refractivity contribution in [3.8, 4) is 0 Å². The van der Waals surface area contributed by atoms with Gasteiger partial charge in [-0.25, -0.2) is 4.98 Å². The number of hydrogen-bond acceptors (Lipinski definition) is 3. The van der Waals surface area contributed by atoms with Crippen LogP contribution in [-0.4, -0.2) is 29.3 Å². The van der Waals surface area contributed by atoms with E-state index in [1.807, 2.05) is 6.33 Å². The molecule has 1 aromatic heterocycles. The molecule has 2 heterocycles. The monoisotopic (exact) mass is 237 g/mol. The lowest BCUT2D eigenvalue weighted by Gasteiger charge is -2.23. The zero-order chi connectivity index (χ0) is 12.3. The third-order valence-corrected chi connectivity index (χ3v) is 3.32. The van der Waals surface area contributed by atoms with Gasteiger partial charge >= 0.3 is 0 Å². The van der Waals surface area contributed by atoms with Crippen molar-refractivity contribution in [2.24, 2.45) is 5.92 Å². The lowest BCUT2D eigenvalue weighted by atomic mass is 10.0. The van der Waals surface area contributed by atoms with Crippen LogP contribution in [0.15, 0.2) is 12.5 Å². The molecular formula is C13H23N3O. The second kappa shape index (κ2) is 5.19. The molecule has 0 amide bonds. The number of ether oxygens (including phenoxy) is 1. The van der Waals surface area contributed by atoms with E-state index in [9.17, 15) is 0 Å². The molecule has 4 nitrogen and oxygen atoms in total. The van der Waals surface area contributed by atoms with E-state index in [2.05, 4.69) is 41.8 Å². The minimum Gasteiger partial charge on any atom is -0.379 e. The number of nitrogens with one attached hydrogen (secondary N) is 1. The van der Waals surface area contributed by atoms with Gasteiger partial charge in [-0.15, -0.1) is 0 Å². The molecule has 1 unspecified atom stereocenters. The first-order valence-corrected chi connectivity index (χ1v) is 6.42. The summed E-state index contributed by atoms with van der Waals surface area (Å²) in [6.07, 6.45) is 5.14. The summed E-state index contributed by atoms with van der Waals surface area (Å²) in [7, 11) is 0. The standard InChI is InChI=1S/C13H23N3O/c1-11(2)6-14-7-12-8-16(10-15-12)13(3)4-5-17-9-13/h8,10-11,14H,4-7,9H2,1-3H3. The Morgan fingerprint density at radius 2 is 2.41 bits per heavy atom. The molecule has 0 bridgehead atoms. The Morgan fingerprint density at radius 3 is 3.06 bits per heavy atom. The SMILES string of the molecule is CC(C)CNCc1cn(C2(C)CCOC2)cn1. The normalized spacial score (nSPS) is 24.7. The van der Waals surface area contributed by atoms with Gasteiger partial charge in [0.2, 0.25) is 0 Å². The fourth-order valence-corrected chi connectivity index (χ4v) is 2.10. The zero-order valence-corrected chi connectivity index (χ0v) is 11.1. The zero-order valence-electron chi connectivity index (χ0n) is 11.1. The summed E-state index contributed by atoms with van der Waals surface area (Å²) in [5, 5.41) is 3.41. The van der Waals surface area contributed by atoms with Gasteiger partial charge in [-0.3, -0.25) is 0 Å². The lowest BCUT2D eigenvalue weighted by molar-refractivity contribution is 0.161. The Labute approximate surface area is 103 Å². The fraction of sp³-hybridized carbons (Fsp3) is 0.769. The maximum absolute atomic E-state index is 5.47. The van der Waals surface area contributed by atoms with E-state index < -0.39 is 0 Å². The molecule has 96 valence electrons. The minimum absolute atomic E-state index is 0.100. The Bertz CT molecular complexity index is 353. The van der Waals surface area contributed by atoms with Crippen LogP contribution in [0.3, 0.4) is 0 Å². The van der Waals surface area contributed by atoms with Crippen LogP contribution in [0, 0.1) is 5.92 Å². The molecule has 1 aliphatic rings. The smallest absolute Gasteiger partial charge is 0.0955 e. The molecule has 0 aromatic carbocycles. The van der Waals surface area contributed by atoms with Crippen LogP contribution in [0.1, 0.15) is 32.9 Å². The summed E-state index contributed by atoms with van der Waals surface area (Å²) in [6, 6.07) is 0. The predicted molar refractivity (Wildman–Crippen MR) is 67.9 cm³/mol.